The fraction of sp³-hybridized carbons (Fsp3) is 0.429. The Balaban J connectivity index is 3.31. The van der Waals surface area contributed by atoms with E-state index in [0.717, 1.165) is 0 Å². The Bertz CT molecular complexity index is 179. The van der Waals surface area contributed by atoms with Crippen molar-refractivity contribution in [2.75, 3.05) is 13.2 Å². The number of carbonyl (C=O) groups is 2. The average molecular weight is 172 g/mol. The molecule has 0 aliphatic carbocycles. The molecule has 0 aromatic rings. The van der Waals surface area contributed by atoms with Crippen molar-refractivity contribution in [3.05, 3.63) is 12.7 Å². The first-order chi connectivity index (χ1) is 5.66. The summed E-state index contributed by atoms with van der Waals surface area (Å²) in [6.45, 7) is 3.76. The lowest BCUT2D eigenvalue weighted by Crippen LogP contribution is -2.31. The highest BCUT2D eigenvalue weighted by atomic mass is 16.5. The second-order valence-electron chi connectivity index (χ2n) is 2.01. The van der Waals surface area contributed by atoms with Crippen LogP contribution in [0.2, 0.25) is 0 Å². The Hall–Kier alpha value is -1.52. The van der Waals surface area contributed by atoms with Crippen molar-refractivity contribution in [1.29, 1.82) is 0 Å². The van der Waals surface area contributed by atoms with E-state index in [1.807, 2.05) is 0 Å². The van der Waals surface area contributed by atoms with E-state index in [0.29, 0.717) is 0 Å². The second-order valence-corrected chi connectivity index (χ2v) is 2.01. The molecule has 68 valence electrons. The monoisotopic (exact) mass is 172 g/mol. The number of urea groups is 1. The molecule has 0 rings (SSSR count). The van der Waals surface area contributed by atoms with Gasteiger partial charge in [-0.3, -0.25) is 4.79 Å². The van der Waals surface area contributed by atoms with Crippen molar-refractivity contribution in [1.82, 2.24) is 5.32 Å². The number of rotatable bonds is 5. The number of nitrogens with one attached hydrogen (secondary N) is 1. The Labute approximate surface area is 70.6 Å². The number of hydrogen-bond donors (Lipinski definition) is 2. The molecular weight excluding hydrogens is 160 g/mol. The molecule has 5 heteroatoms. The van der Waals surface area contributed by atoms with Gasteiger partial charge in [-0.15, -0.1) is 0 Å². The van der Waals surface area contributed by atoms with Crippen LogP contribution in [-0.4, -0.2) is 25.2 Å². The van der Waals surface area contributed by atoms with Crippen LogP contribution in [0.5, 0.6) is 0 Å². The number of esters is 1. The van der Waals surface area contributed by atoms with Gasteiger partial charge in [0.05, 0.1) is 6.42 Å². The van der Waals surface area contributed by atoms with Gasteiger partial charge in [0, 0.05) is 6.54 Å². The molecule has 3 N–H and O–H groups in total. The summed E-state index contributed by atoms with van der Waals surface area (Å²) in [5.41, 5.74) is 4.76. The van der Waals surface area contributed by atoms with Gasteiger partial charge in [-0.1, -0.05) is 12.7 Å². The highest BCUT2D eigenvalue weighted by Gasteiger charge is 2.00. The lowest BCUT2D eigenvalue weighted by molar-refractivity contribution is -0.142. The maximum absolute atomic E-state index is 10.7. The minimum absolute atomic E-state index is 0.122. The van der Waals surface area contributed by atoms with Crippen molar-refractivity contribution in [2.45, 2.75) is 6.42 Å². The minimum Gasteiger partial charge on any atom is -0.461 e. The van der Waals surface area contributed by atoms with Crippen molar-refractivity contribution < 1.29 is 14.3 Å². The third-order valence-electron chi connectivity index (χ3n) is 0.991. The lowest BCUT2D eigenvalue weighted by Gasteiger charge is -2.01. The zero-order valence-electron chi connectivity index (χ0n) is 6.71. The molecule has 0 spiro atoms. The lowest BCUT2D eigenvalue weighted by atomic mass is 10.4. The van der Waals surface area contributed by atoms with Crippen molar-refractivity contribution in [3.63, 3.8) is 0 Å². The van der Waals surface area contributed by atoms with Crippen molar-refractivity contribution in [2.24, 2.45) is 5.73 Å². The van der Waals surface area contributed by atoms with Gasteiger partial charge in [0.15, 0.2) is 0 Å². The predicted molar refractivity (Wildman–Crippen MR) is 43.4 cm³/mol. The summed E-state index contributed by atoms with van der Waals surface area (Å²) < 4.78 is 4.62. The zero-order valence-corrected chi connectivity index (χ0v) is 6.71. The van der Waals surface area contributed by atoms with Crippen LogP contribution in [0, 0.1) is 0 Å². The molecule has 0 saturated heterocycles. The maximum Gasteiger partial charge on any atom is 0.312 e. The Kier molecular flexibility index (Phi) is 5.42. The van der Waals surface area contributed by atoms with E-state index in [9.17, 15) is 9.59 Å². The van der Waals surface area contributed by atoms with Crippen LogP contribution >= 0.6 is 0 Å². The summed E-state index contributed by atoms with van der Waals surface area (Å²) in [4.78, 5) is 20.9. The number of nitrogens with two attached hydrogens (primary N) is 1. The van der Waals surface area contributed by atoms with Crippen LogP contribution in [0.15, 0.2) is 12.7 Å². The molecule has 0 unspecified atom stereocenters. The molecular formula is C7H12N2O3. The molecule has 0 heterocycles. The van der Waals surface area contributed by atoms with E-state index >= 15 is 0 Å². The molecule has 0 fully saturated rings. The van der Waals surface area contributed by atoms with Crippen molar-refractivity contribution in [3.8, 4) is 0 Å². The second kappa shape index (κ2) is 6.21. The van der Waals surface area contributed by atoms with E-state index in [1.54, 1.807) is 0 Å². The minimum atomic E-state index is -0.647. The molecule has 0 atom stereocenters. The number of ether oxygens (including phenoxy) is 1. The van der Waals surface area contributed by atoms with Gasteiger partial charge < -0.3 is 15.8 Å². The highest BCUT2D eigenvalue weighted by molar-refractivity contribution is 5.73. The molecule has 12 heavy (non-hydrogen) atoms. The fourth-order valence-corrected chi connectivity index (χ4v) is 0.512. The van der Waals surface area contributed by atoms with Crippen molar-refractivity contribution >= 4 is 12.0 Å². The van der Waals surface area contributed by atoms with E-state index in [1.165, 1.54) is 6.08 Å². The smallest absolute Gasteiger partial charge is 0.312 e. The summed E-state index contributed by atoms with van der Waals surface area (Å²) in [5, 5.41) is 2.27. The number of primary amides is 1. The largest absolute Gasteiger partial charge is 0.461 e. The first-order valence-corrected chi connectivity index (χ1v) is 3.46. The topological polar surface area (TPSA) is 81.4 Å². The SMILES string of the molecule is C=CCOC(=O)CCNC(N)=O. The highest BCUT2D eigenvalue weighted by Crippen LogP contribution is 1.84. The number of amides is 2. The molecule has 0 saturated carbocycles. The zero-order chi connectivity index (χ0) is 9.40. The average Bonchev–Trinajstić information content (AvgIpc) is 2.00. The van der Waals surface area contributed by atoms with Crippen LogP contribution in [0.3, 0.4) is 0 Å². The van der Waals surface area contributed by atoms with Crippen LogP contribution < -0.4 is 11.1 Å². The standard InChI is InChI=1S/C7H12N2O3/c1-2-5-12-6(10)3-4-9-7(8)11/h2H,1,3-5H2,(H3,8,9,11). The predicted octanol–water partition coefficient (Wildman–Crippen LogP) is -0.226. The summed E-state index contributed by atoms with van der Waals surface area (Å²) in [6.07, 6.45) is 1.59. The molecule has 0 aromatic carbocycles. The first kappa shape index (κ1) is 10.5. The summed E-state index contributed by atoms with van der Waals surface area (Å²) >= 11 is 0. The molecule has 0 bridgehead atoms. The van der Waals surface area contributed by atoms with Crippen LogP contribution in [0.25, 0.3) is 0 Å². The van der Waals surface area contributed by atoms with E-state index in [4.69, 9.17) is 5.73 Å². The third-order valence-corrected chi connectivity index (χ3v) is 0.991. The molecule has 5 nitrogen and oxygen atoms in total. The van der Waals surface area contributed by atoms with Gasteiger partial charge in [-0.05, 0) is 0 Å². The Morgan fingerprint density at radius 2 is 2.25 bits per heavy atom. The summed E-state index contributed by atoms with van der Waals surface area (Å²) in [7, 11) is 0. The quantitative estimate of drug-likeness (QED) is 0.444. The summed E-state index contributed by atoms with van der Waals surface area (Å²) in [5.74, 6) is -0.386. The van der Waals surface area contributed by atoms with Gasteiger partial charge in [-0.25, -0.2) is 4.79 Å². The molecule has 2 amide bonds. The normalized spacial score (nSPS) is 8.67. The van der Waals surface area contributed by atoms with E-state index in [-0.39, 0.29) is 25.5 Å². The maximum atomic E-state index is 10.7. The molecule has 0 radical (unpaired) electrons. The number of hydrogen-bond acceptors (Lipinski definition) is 3. The van der Waals surface area contributed by atoms with Gasteiger partial charge in [0.2, 0.25) is 0 Å². The summed E-state index contributed by atoms with van der Waals surface area (Å²) in [6, 6.07) is -0.647. The van der Waals surface area contributed by atoms with E-state index in [2.05, 4.69) is 16.6 Å². The van der Waals surface area contributed by atoms with E-state index < -0.39 is 6.03 Å². The van der Waals surface area contributed by atoms with Gasteiger partial charge >= 0.3 is 12.0 Å². The third kappa shape index (κ3) is 6.60. The molecule has 0 aromatic heterocycles. The van der Waals surface area contributed by atoms with Gasteiger partial charge in [-0.2, -0.15) is 0 Å². The molecule has 0 aliphatic heterocycles. The van der Waals surface area contributed by atoms with Gasteiger partial charge in [0.25, 0.3) is 0 Å². The number of carbonyl (C=O) groups excluding carboxylic acids is 2. The molecule has 0 aliphatic rings. The van der Waals surface area contributed by atoms with Crippen LogP contribution in [0.4, 0.5) is 4.79 Å². The fourth-order valence-electron chi connectivity index (χ4n) is 0.512. The Morgan fingerprint density at radius 3 is 2.75 bits per heavy atom. The van der Waals surface area contributed by atoms with Gasteiger partial charge in [0.1, 0.15) is 6.61 Å². The Morgan fingerprint density at radius 1 is 1.58 bits per heavy atom. The van der Waals surface area contributed by atoms with Crippen LogP contribution in [0.1, 0.15) is 6.42 Å². The van der Waals surface area contributed by atoms with Crippen LogP contribution in [-0.2, 0) is 9.53 Å². The first-order valence-electron chi connectivity index (χ1n) is 3.46.